The number of rotatable bonds is 6. The number of H-pyrrole nitrogens is 1. The average Bonchev–Trinajstić information content (AvgIpc) is 3.56. The van der Waals surface area contributed by atoms with E-state index >= 15 is 4.39 Å². The Morgan fingerprint density at radius 3 is 2.73 bits per heavy atom. The first kappa shape index (κ1) is 21.9. The number of alkyl halides is 1. The molecule has 3 aromatic rings. The van der Waals surface area contributed by atoms with Crippen LogP contribution in [0.15, 0.2) is 42.5 Å². The molecule has 1 aromatic heterocycles. The first-order valence-corrected chi connectivity index (χ1v) is 11.6. The predicted molar refractivity (Wildman–Crippen MR) is 124 cm³/mol. The number of hydrogen-bond acceptors (Lipinski definition) is 3. The lowest BCUT2D eigenvalue weighted by Crippen LogP contribution is -2.50. The molecule has 2 N–H and O–H groups in total. The minimum absolute atomic E-state index is 0.180. The number of fused-ring (bicyclic) bond motifs is 3. The maximum absolute atomic E-state index is 15.6. The number of carbonyl (C=O) groups is 2. The quantitative estimate of drug-likeness (QED) is 0.537. The summed E-state index contributed by atoms with van der Waals surface area (Å²) in [6.45, 7) is 0.293. The highest BCUT2D eigenvalue weighted by atomic mass is 35.5. The normalized spacial score (nSPS) is 20.0. The van der Waals surface area contributed by atoms with E-state index in [1.807, 2.05) is 24.3 Å². The standard InChI is InChI=1S/C25H25ClFN3O3/c1-33-13-16-11-19-17-4-2-3-5-21(17)29-23(19)24(30(16)22(31)12-26)18-9-6-14(10-20(18)27)25(32)28-15-7-8-15/h2-6,9-10,15-16,24,29H,7-8,11-13H2,1H3,(H,28,32)/t16-,24+/m1/s1. The van der Waals surface area contributed by atoms with Gasteiger partial charge in [0.05, 0.1) is 12.6 Å². The van der Waals surface area contributed by atoms with Crippen molar-refractivity contribution in [1.82, 2.24) is 15.2 Å². The molecule has 1 aliphatic heterocycles. The maximum atomic E-state index is 15.6. The van der Waals surface area contributed by atoms with Crippen LogP contribution in [0.5, 0.6) is 0 Å². The zero-order valence-corrected chi connectivity index (χ0v) is 19.0. The lowest BCUT2D eigenvalue weighted by atomic mass is 9.87. The van der Waals surface area contributed by atoms with Crippen molar-refractivity contribution in [3.63, 3.8) is 0 Å². The van der Waals surface area contributed by atoms with Crippen molar-refractivity contribution in [3.05, 3.63) is 70.7 Å². The average molecular weight is 470 g/mol. The molecule has 0 bridgehead atoms. The van der Waals surface area contributed by atoms with Crippen LogP contribution in [0.1, 0.15) is 46.1 Å². The topological polar surface area (TPSA) is 74.4 Å². The predicted octanol–water partition coefficient (Wildman–Crippen LogP) is 3.93. The molecule has 0 saturated heterocycles. The van der Waals surface area contributed by atoms with Crippen LogP contribution in [0.25, 0.3) is 10.9 Å². The van der Waals surface area contributed by atoms with Crippen molar-refractivity contribution in [2.45, 2.75) is 37.4 Å². The van der Waals surface area contributed by atoms with Gasteiger partial charge in [-0.05, 0) is 43.0 Å². The van der Waals surface area contributed by atoms with Crippen molar-refractivity contribution in [1.29, 1.82) is 0 Å². The number of hydrogen-bond donors (Lipinski definition) is 2. The second-order valence-corrected chi connectivity index (χ2v) is 8.96. The van der Waals surface area contributed by atoms with Crippen LogP contribution < -0.4 is 5.32 Å². The van der Waals surface area contributed by atoms with Gasteiger partial charge in [0, 0.05) is 40.9 Å². The molecule has 0 unspecified atom stereocenters. The Morgan fingerprint density at radius 2 is 2.03 bits per heavy atom. The van der Waals surface area contributed by atoms with Crippen molar-refractivity contribution < 1.29 is 18.7 Å². The van der Waals surface area contributed by atoms with Gasteiger partial charge in [-0.2, -0.15) is 0 Å². The van der Waals surface area contributed by atoms with Crippen LogP contribution in [0.2, 0.25) is 0 Å². The summed E-state index contributed by atoms with van der Waals surface area (Å²) < 4.78 is 21.0. The van der Waals surface area contributed by atoms with Crippen LogP contribution in [0, 0.1) is 5.82 Å². The van der Waals surface area contributed by atoms with E-state index in [1.165, 1.54) is 6.07 Å². The molecule has 2 atom stereocenters. The highest BCUT2D eigenvalue weighted by Gasteiger charge is 2.41. The fourth-order valence-corrected chi connectivity index (χ4v) is 4.94. The second kappa shape index (κ2) is 8.80. The molecular weight excluding hydrogens is 445 g/mol. The minimum atomic E-state index is -0.715. The molecule has 2 aromatic carbocycles. The Kier molecular flexibility index (Phi) is 5.85. The number of ether oxygens (including phenoxy) is 1. The summed E-state index contributed by atoms with van der Waals surface area (Å²) in [7, 11) is 1.58. The third kappa shape index (κ3) is 4.00. The van der Waals surface area contributed by atoms with E-state index in [2.05, 4.69) is 10.3 Å². The summed E-state index contributed by atoms with van der Waals surface area (Å²) in [4.78, 5) is 30.5. The Bertz CT molecular complexity index is 1220. The summed E-state index contributed by atoms with van der Waals surface area (Å²) in [5.74, 6) is -1.36. The van der Waals surface area contributed by atoms with E-state index in [-0.39, 0.29) is 35.3 Å². The Labute approximate surface area is 196 Å². The third-order valence-corrected chi connectivity index (χ3v) is 6.69. The number of nitrogens with one attached hydrogen (secondary N) is 2. The lowest BCUT2D eigenvalue weighted by Gasteiger charge is -2.42. The summed E-state index contributed by atoms with van der Waals surface area (Å²) in [6, 6.07) is 11.5. The maximum Gasteiger partial charge on any atom is 0.251 e. The zero-order valence-electron chi connectivity index (χ0n) is 18.2. The Balaban J connectivity index is 1.63. The SMILES string of the molecule is COC[C@H]1Cc2c([nH]c3ccccc23)[C@H](c2ccc(C(=O)NC3CC3)cc2F)N1C(=O)CCl. The molecule has 0 spiro atoms. The number of aromatic nitrogens is 1. The summed E-state index contributed by atoms with van der Waals surface area (Å²) in [5.41, 5.74) is 3.29. The highest BCUT2D eigenvalue weighted by molar-refractivity contribution is 6.27. The van der Waals surface area contributed by atoms with Gasteiger partial charge in [0.15, 0.2) is 0 Å². The summed E-state index contributed by atoms with van der Waals surface area (Å²) in [6.07, 6.45) is 2.47. The van der Waals surface area contributed by atoms with Gasteiger partial charge in [0.25, 0.3) is 5.91 Å². The zero-order chi connectivity index (χ0) is 23.1. The molecule has 172 valence electrons. The number of para-hydroxylation sites is 1. The minimum Gasteiger partial charge on any atom is -0.383 e. The van der Waals surface area contributed by atoms with Crippen molar-refractivity contribution in [2.75, 3.05) is 19.6 Å². The van der Waals surface area contributed by atoms with Gasteiger partial charge in [0.1, 0.15) is 17.7 Å². The van der Waals surface area contributed by atoms with Crippen LogP contribution >= 0.6 is 11.6 Å². The van der Waals surface area contributed by atoms with E-state index in [0.29, 0.717) is 18.6 Å². The van der Waals surface area contributed by atoms with Gasteiger partial charge in [-0.3, -0.25) is 9.59 Å². The van der Waals surface area contributed by atoms with Crippen molar-refractivity contribution in [3.8, 4) is 0 Å². The molecule has 8 heteroatoms. The smallest absolute Gasteiger partial charge is 0.251 e. The highest BCUT2D eigenvalue weighted by Crippen LogP contribution is 2.42. The number of nitrogens with zero attached hydrogens (tertiary/aromatic N) is 1. The first-order chi connectivity index (χ1) is 16.0. The van der Waals surface area contributed by atoms with E-state index < -0.39 is 11.9 Å². The number of aromatic amines is 1. The molecule has 5 rings (SSSR count). The first-order valence-electron chi connectivity index (χ1n) is 11.1. The molecule has 6 nitrogen and oxygen atoms in total. The molecule has 1 fully saturated rings. The van der Waals surface area contributed by atoms with Gasteiger partial charge in [-0.15, -0.1) is 11.6 Å². The third-order valence-electron chi connectivity index (χ3n) is 6.46. The van der Waals surface area contributed by atoms with Crippen LogP contribution in [-0.2, 0) is 16.0 Å². The second-order valence-electron chi connectivity index (χ2n) is 8.70. The van der Waals surface area contributed by atoms with E-state index in [9.17, 15) is 9.59 Å². The number of halogens is 2. The Hall–Kier alpha value is -2.90. The molecule has 0 radical (unpaired) electrons. The van der Waals surface area contributed by atoms with E-state index in [0.717, 1.165) is 35.0 Å². The van der Waals surface area contributed by atoms with E-state index in [1.54, 1.807) is 24.1 Å². The van der Waals surface area contributed by atoms with Crippen molar-refractivity contribution in [2.24, 2.45) is 0 Å². The molecule has 1 saturated carbocycles. The molecule has 2 aliphatic rings. The number of amides is 2. The van der Waals surface area contributed by atoms with Crippen LogP contribution in [0.3, 0.4) is 0 Å². The van der Waals surface area contributed by atoms with E-state index in [4.69, 9.17) is 16.3 Å². The molecule has 33 heavy (non-hydrogen) atoms. The molecule has 2 amide bonds. The Morgan fingerprint density at radius 1 is 1.24 bits per heavy atom. The fourth-order valence-electron chi connectivity index (χ4n) is 4.80. The monoisotopic (exact) mass is 469 g/mol. The number of benzene rings is 2. The molecule has 2 heterocycles. The molecular formula is C25H25ClFN3O3. The van der Waals surface area contributed by atoms with Gasteiger partial charge in [0.2, 0.25) is 5.91 Å². The van der Waals surface area contributed by atoms with Crippen LogP contribution in [0.4, 0.5) is 4.39 Å². The number of carbonyl (C=O) groups excluding carboxylic acids is 2. The largest absolute Gasteiger partial charge is 0.383 e. The van der Waals surface area contributed by atoms with Gasteiger partial charge in [-0.25, -0.2) is 4.39 Å². The molecule has 1 aliphatic carbocycles. The summed E-state index contributed by atoms with van der Waals surface area (Å²) in [5, 5.41) is 3.92. The lowest BCUT2D eigenvalue weighted by molar-refractivity contribution is -0.134. The number of methoxy groups -OCH3 is 1. The van der Waals surface area contributed by atoms with Crippen molar-refractivity contribution >= 4 is 34.3 Å². The fraction of sp³-hybridized carbons (Fsp3) is 0.360. The van der Waals surface area contributed by atoms with Gasteiger partial charge < -0.3 is 19.9 Å². The summed E-state index contributed by atoms with van der Waals surface area (Å²) >= 11 is 5.98. The van der Waals surface area contributed by atoms with Crippen LogP contribution in [-0.4, -0.2) is 53.4 Å². The van der Waals surface area contributed by atoms with Gasteiger partial charge in [-0.1, -0.05) is 24.3 Å². The van der Waals surface area contributed by atoms with Gasteiger partial charge >= 0.3 is 0 Å².